The lowest BCUT2D eigenvalue weighted by molar-refractivity contribution is -0.0668. The van der Waals surface area contributed by atoms with Crippen molar-refractivity contribution in [2.45, 2.75) is 53.0 Å². The first-order chi connectivity index (χ1) is 9.93. The molecule has 0 atom stereocenters. The van der Waals surface area contributed by atoms with E-state index in [2.05, 4.69) is 44.8 Å². The molecule has 128 valence electrons. The third kappa shape index (κ3) is 3.42. The molecule has 0 unspecified atom stereocenters. The molecule has 6 heteroatoms. The third-order valence-corrected chi connectivity index (χ3v) is 6.70. The van der Waals surface area contributed by atoms with Gasteiger partial charge < -0.3 is 10.2 Å². The van der Waals surface area contributed by atoms with Gasteiger partial charge in [-0.05, 0) is 33.6 Å². The highest BCUT2D eigenvalue weighted by Crippen LogP contribution is 2.48. The number of nitrogens with one attached hydrogen (secondary N) is 1. The predicted molar refractivity (Wildman–Crippen MR) is 91.9 cm³/mol. The molecule has 0 amide bonds. The Bertz CT molecular complexity index is 560. The van der Waals surface area contributed by atoms with Gasteiger partial charge in [-0.15, -0.1) is 0 Å². The van der Waals surface area contributed by atoms with Gasteiger partial charge in [-0.3, -0.25) is 4.99 Å². The van der Waals surface area contributed by atoms with Gasteiger partial charge in [0.1, 0.15) is 9.84 Å². The average Bonchev–Trinajstić information content (AvgIpc) is 3.09. The van der Waals surface area contributed by atoms with Crippen LogP contribution in [0.15, 0.2) is 4.99 Å². The van der Waals surface area contributed by atoms with Crippen LogP contribution in [0.5, 0.6) is 0 Å². The Hall–Kier alpha value is -0.780. The van der Waals surface area contributed by atoms with E-state index in [1.807, 2.05) is 0 Å². The summed E-state index contributed by atoms with van der Waals surface area (Å²) in [6.07, 6.45) is 3.26. The lowest BCUT2D eigenvalue weighted by Crippen LogP contribution is -2.72. The molecular weight excluding hydrogens is 298 g/mol. The highest BCUT2D eigenvalue weighted by molar-refractivity contribution is 7.90. The molecule has 2 rings (SSSR count). The highest BCUT2D eigenvalue weighted by Gasteiger charge is 2.54. The molecular formula is C16H31N3O2S. The zero-order chi connectivity index (χ0) is 16.8. The monoisotopic (exact) mass is 329 g/mol. The Morgan fingerprint density at radius 3 is 2.18 bits per heavy atom. The summed E-state index contributed by atoms with van der Waals surface area (Å²) >= 11 is 0. The number of likely N-dealkylation sites (tertiary alicyclic amines) is 1. The second kappa shape index (κ2) is 5.39. The summed E-state index contributed by atoms with van der Waals surface area (Å²) in [4.78, 5) is 7.09. The molecule has 0 aromatic rings. The molecule has 1 aliphatic heterocycles. The van der Waals surface area contributed by atoms with Crippen LogP contribution in [-0.4, -0.2) is 56.5 Å². The summed E-state index contributed by atoms with van der Waals surface area (Å²) in [5.41, 5.74) is 0.202. The van der Waals surface area contributed by atoms with Crippen molar-refractivity contribution in [3.8, 4) is 0 Å². The number of nitrogens with zero attached hydrogens (tertiary/aromatic N) is 2. The van der Waals surface area contributed by atoms with Gasteiger partial charge in [0, 0.05) is 42.3 Å². The first kappa shape index (κ1) is 17.6. The van der Waals surface area contributed by atoms with Crippen LogP contribution in [0.1, 0.15) is 47.5 Å². The van der Waals surface area contributed by atoms with E-state index in [1.54, 1.807) is 0 Å². The van der Waals surface area contributed by atoms with E-state index in [-0.39, 0.29) is 22.1 Å². The Kier molecular flexibility index (Phi) is 4.31. The maximum absolute atomic E-state index is 11.6. The van der Waals surface area contributed by atoms with E-state index in [0.717, 1.165) is 31.9 Å². The zero-order valence-corrected chi connectivity index (χ0v) is 15.7. The molecule has 0 bridgehead atoms. The van der Waals surface area contributed by atoms with Crippen LogP contribution < -0.4 is 5.32 Å². The van der Waals surface area contributed by atoms with E-state index in [9.17, 15) is 8.42 Å². The minimum atomic E-state index is -2.94. The van der Waals surface area contributed by atoms with Gasteiger partial charge in [0.25, 0.3) is 0 Å². The molecule has 22 heavy (non-hydrogen) atoms. The number of hydrogen-bond donors (Lipinski definition) is 1. The maximum Gasteiger partial charge on any atom is 0.194 e. The average molecular weight is 330 g/mol. The van der Waals surface area contributed by atoms with Crippen molar-refractivity contribution >= 4 is 15.8 Å². The highest BCUT2D eigenvalue weighted by atomic mass is 32.2. The molecule has 1 saturated carbocycles. The fraction of sp³-hybridized carbons (Fsp3) is 0.938. The van der Waals surface area contributed by atoms with Gasteiger partial charge in [0.05, 0.1) is 5.75 Å². The van der Waals surface area contributed by atoms with Crippen molar-refractivity contribution in [2.75, 3.05) is 31.6 Å². The van der Waals surface area contributed by atoms with Crippen LogP contribution in [0.2, 0.25) is 0 Å². The van der Waals surface area contributed by atoms with Gasteiger partial charge in [0.15, 0.2) is 5.96 Å². The number of hydrogen-bond acceptors (Lipinski definition) is 3. The van der Waals surface area contributed by atoms with Crippen molar-refractivity contribution in [1.29, 1.82) is 0 Å². The number of aliphatic imine (C=N–C) groups is 1. The minimum absolute atomic E-state index is 0.0571. The van der Waals surface area contributed by atoms with E-state index in [1.165, 1.54) is 6.26 Å². The van der Waals surface area contributed by atoms with Crippen molar-refractivity contribution in [3.05, 3.63) is 0 Å². The molecule has 0 radical (unpaired) electrons. The SMILES string of the molecule is CCNC(=NCC1(CS(C)(=O)=O)CC1)N1CC(C)(C)C1(C)C. The summed E-state index contributed by atoms with van der Waals surface area (Å²) < 4.78 is 23.1. The first-order valence-electron chi connectivity index (χ1n) is 8.16. The second-order valence-corrected chi connectivity index (χ2v) is 10.4. The Morgan fingerprint density at radius 1 is 1.23 bits per heavy atom. The Morgan fingerprint density at radius 2 is 1.82 bits per heavy atom. The van der Waals surface area contributed by atoms with Crippen molar-refractivity contribution in [1.82, 2.24) is 10.2 Å². The summed E-state index contributed by atoms with van der Waals surface area (Å²) in [7, 11) is -2.94. The molecule has 0 aromatic carbocycles. The Balaban J connectivity index is 2.10. The normalized spacial score (nSPS) is 25.5. The molecule has 5 nitrogen and oxygen atoms in total. The second-order valence-electron chi connectivity index (χ2n) is 8.27. The van der Waals surface area contributed by atoms with E-state index < -0.39 is 9.84 Å². The summed E-state index contributed by atoms with van der Waals surface area (Å²) in [5.74, 6) is 1.18. The van der Waals surface area contributed by atoms with Crippen LogP contribution in [0.4, 0.5) is 0 Å². The van der Waals surface area contributed by atoms with Crippen LogP contribution in [0, 0.1) is 10.8 Å². The molecule has 0 aromatic heterocycles. The molecule has 0 spiro atoms. The predicted octanol–water partition coefficient (Wildman–Crippen LogP) is 1.90. The quantitative estimate of drug-likeness (QED) is 0.618. The molecule has 1 aliphatic carbocycles. The van der Waals surface area contributed by atoms with E-state index in [0.29, 0.717) is 6.54 Å². The topological polar surface area (TPSA) is 61.8 Å². The summed E-state index contributed by atoms with van der Waals surface area (Å²) in [6.45, 7) is 13.5. The molecule has 2 aliphatic rings. The molecule has 1 saturated heterocycles. The molecule has 1 N–H and O–H groups in total. The van der Waals surface area contributed by atoms with Gasteiger partial charge >= 0.3 is 0 Å². The standard InChI is InChI=1S/C16H31N3O2S/c1-7-17-13(19-11-14(2,3)15(19,4)5)18-10-16(8-9-16)12-22(6,20)21/h7-12H2,1-6H3,(H,17,18). The number of guanidine groups is 1. The fourth-order valence-corrected chi connectivity index (χ4v) is 4.61. The smallest absolute Gasteiger partial charge is 0.194 e. The van der Waals surface area contributed by atoms with Gasteiger partial charge in [-0.1, -0.05) is 13.8 Å². The van der Waals surface area contributed by atoms with Gasteiger partial charge in [-0.25, -0.2) is 8.42 Å². The maximum atomic E-state index is 11.6. The van der Waals surface area contributed by atoms with Crippen LogP contribution in [0.25, 0.3) is 0 Å². The zero-order valence-electron chi connectivity index (χ0n) is 14.9. The number of sulfone groups is 1. The first-order valence-corrected chi connectivity index (χ1v) is 10.2. The van der Waals surface area contributed by atoms with Gasteiger partial charge in [-0.2, -0.15) is 0 Å². The molecule has 1 heterocycles. The third-order valence-electron chi connectivity index (χ3n) is 5.56. The lowest BCUT2D eigenvalue weighted by Gasteiger charge is -2.62. The molecule has 2 fully saturated rings. The van der Waals surface area contributed by atoms with Crippen molar-refractivity contribution in [3.63, 3.8) is 0 Å². The summed E-state index contributed by atoms with van der Waals surface area (Å²) in [5, 5.41) is 3.37. The fourth-order valence-electron chi connectivity index (χ4n) is 3.12. The van der Waals surface area contributed by atoms with Crippen molar-refractivity contribution < 1.29 is 8.42 Å². The van der Waals surface area contributed by atoms with E-state index in [4.69, 9.17) is 4.99 Å². The number of rotatable bonds is 5. The van der Waals surface area contributed by atoms with E-state index >= 15 is 0 Å². The van der Waals surface area contributed by atoms with Crippen LogP contribution >= 0.6 is 0 Å². The summed E-state index contributed by atoms with van der Waals surface area (Å²) in [6, 6.07) is 0. The van der Waals surface area contributed by atoms with Crippen LogP contribution in [0.3, 0.4) is 0 Å². The Labute approximate surface area is 135 Å². The lowest BCUT2D eigenvalue weighted by atomic mass is 9.65. The minimum Gasteiger partial charge on any atom is -0.356 e. The largest absolute Gasteiger partial charge is 0.356 e. The van der Waals surface area contributed by atoms with Gasteiger partial charge in [0.2, 0.25) is 0 Å². The van der Waals surface area contributed by atoms with Crippen molar-refractivity contribution in [2.24, 2.45) is 15.8 Å². The van der Waals surface area contributed by atoms with Crippen LogP contribution in [-0.2, 0) is 9.84 Å².